The Kier molecular flexibility index (Phi) is 7.51. The molecule has 0 spiro atoms. The maximum absolute atomic E-state index is 13.6. The van der Waals surface area contributed by atoms with Crippen molar-refractivity contribution in [1.82, 2.24) is 30.2 Å². The van der Waals surface area contributed by atoms with Crippen LogP contribution in [0.15, 0.2) is 60.9 Å². The van der Waals surface area contributed by atoms with Gasteiger partial charge in [0.25, 0.3) is 5.91 Å². The first-order chi connectivity index (χ1) is 20.6. The zero-order valence-electron chi connectivity index (χ0n) is 25.0. The van der Waals surface area contributed by atoms with Gasteiger partial charge in [-0.3, -0.25) is 4.79 Å². The summed E-state index contributed by atoms with van der Waals surface area (Å²) in [5.41, 5.74) is 3.11. The summed E-state index contributed by atoms with van der Waals surface area (Å²) in [6.07, 6.45) is 5.75. The summed E-state index contributed by atoms with van der Waals surface area (Å²) in [6, 6.07) is 15.4. The van der Waals surface area contributed by atoms with Crippen molar-refractivity contribution >= 4 is 23.5 Å². The maximum atomic E-state index is 13.6. The zero-order chi connectivity index (χ0) is 30.2. The van der Waals surface area contributed by atoms with Gasteiger partial charge in [-0.25, -0.2) is 19.3 Å². The predicted molar refractivity (Wildman–Crippen MR) is 163 cm³/mol. The molecule has 1 saturated carbocycles. The van der Waals surface area contributed by atoms with Crippen LogP contribution >= 0.6 is 0 Å². The van der Waals surface area contributed by atoms with Crippen LogP contribution in [0.3, 0.4) is 0 Å². The maximum Gasteiger partial charge on any atom is 0.408 e. The Morgan fingerprint density at radius 3 is 2.49 bits per heavy atom. The molecule has 1 aliphatic carbocycles. The molecule has 0 atom stereocenters. The number of carbonyl (C=O) groups excluding carboxylic acids is 2. The number of ether oxygens (including phenoxy) is 2. The average Bonchev–Trinajstić information content (AvgIpc) is 3.36. The summed E-state index contributed by atoms with van der Waals surface area (Å²) in [6.45, 7) is 7.15. The van der Waals surface area contributed by atoms with Gasteiger partial charge in [-0.05, 0) is 58.2 Å². The largest absolute Gasteiger partial charge is 0.444 e. The molecule has 1 aromatic carbocycles. The molecule has 2 N–H and O–H groups in total. The van der Waals surface area contributed by atoms with Gasteiger partial charge in [0, 0.05) is 44.1 Å². The summed E-state index contributed by atoms with van der Waals surface area (Å²) in [5, 5.41) is 10.6. The SMILES string of the molecule is COC1CN(c2cc(C(=O)NCC3(NC(=O)OC(C)(C)C)CCC3)cc(-c3cnn4ccc(-c5ccccc5)nc34)n2)C1. The van der Waals surface area contributed by atoms with Crippen molar-refractivity contribution in [1.29, 1.82) is 0 Å². The lowest BCUT2D eigenvalue weighted by Gasteiger charge is -2.42. The molecule has 4 heterocycles. The van der Waals surface area contributed by atoms with Crippen molar-refractivity contribution in [3.8, 4) is 22.5 Å². The van der Waals surface area contributed by atoms with Crippen molar-refractivity contribution in [2.24, 2.45) is 0 Å². The number of nitrogens with one attached hydrogen (secondary N) is 2. The molecule has 43 heavy (non-hydrogen) atoms. The second-order valence-corrected chi connectivity index (χ2v) is 12.3. The second-order valence-electron chi connectivity index (χ2n) is 12.3. The van der Waals surface area contributed by atoms with E-state index in [0.717, 1.165) is 36.1 Å². The van der Waals surface area contributed by atoms with Crippen LogP contribution in [0.4, 0.5) is 10.6 Å². The number of methoxy groups -OCH3 is 1. The Hall–Kier alpha value is -4.51. The van der Waals surface area contributed by atoms with E-state index in [9.17, 15) is 9.59 Å². The van der Waals surface area contributed by atoms with Gasteiger partial charge in [-0.15, -0.1) is 0 Å². The van der Waals surface area contributed by atoms with Gasteiger partial charge in [0.2, 0.25) is 0 Å². The molecule has 2 aliphatic rings. The van der Waals surface area contributed by atoms with Gasteiger partial charge < -0.3 is 25.0 Å². The molecule has 6 rings (SSSR count). The number of amides is 2. The number of fused-ring (bicyclic) bond motifs is 1. The molecule has 2 amide bonds. The van der Waals surface area contributed by atoms with Gasteiger partial charge in [0.05, 0.1) is 34.8 Å². The summed E-state index contributed by atoms with van der Waals surface area (Å²) in [7, 11) is 1.70. The van der Waals surface area contributed by atoms with E-state index in [0.29, 0.717) is 42.4 Å². The summed E-state index contributed by atoms with van der Waals surface area (Å²) in [4.78, 5) is 38.0. The number of aromatic nitrogens is 4. The van der Waals surface area contributed by atoms with E-state index >= 15 is 0 Å². The average molecular weight is 584 g/mol. The Morgan fingerprint density at radius 1 is 1.05 bits per heavy atom. The van der Waals surface area contributed by atoms with Crippen LogP contribution in [-0.4, -0.2) is 75.6 Å². The number of hydrogen-bond acceptors (Lipinski definition) is 8. The first-order valence-electron chi connectivity index (χ1n) is 14.6. The molecule has 3 aromatic heterocycles. The van der Waals surface area contributed by atoms with Gasteiger partial charge in [0.1, 0.15) is 11.4 Å². The Labute approximate surface area is 250 Å². The van der Waals surface area contributed by atoms with Gasteiger partial charge in [-0.1, -0.05) is 30.3 Å². The first kappa shape index (κ1) is 28.6. The monoisotopic (exact) mass is 583 g/mol. The van der Waals surface area contributed by atoms with E-state index in [1.54, 1.807) is 30.0 Å². The molecular formula is C32H37N7O4. The fraction of sp³-hybridized carbons (Fsp3) is 0.406. The highest BCUT2D eigenvalue weighted by molar-refractivity contribution is 5.96. The zero-order valence-corrected chi connectivity index (χ0v) is 25.0. The van der Waals surface area contributed by atoms with Crippen LogP contribution < -0.4 is 15.5 Å². The molecule has 0 bridgehead atoms. The molecule has 11 nitrogen and oxygen atoms in total. The summed E-state index contributed by atoms with van der Waals surface area (Å²) >= 11 is 0. The van der Waals surface area contributed by atoms with Crippen LogP contribution in [0.5, 0.6) is 0 Å². The standard InChI is InChI=1S/C32H37N7O4/c1-31(2,3)43-30(41)37-32(12-8-13-32)20-33-29(40)22-15-26(35-27(16-22)38-18-23(19-38)42-4)24-17-34-39-14-11-25(36-28(24)39)21-9-6-5-7-10-21/h5-7,9-11,14-17,23H,8,12-13,18-20H2,1-4H3,(H,33,40)(H,37,41). The van der Waals surface area contributed by atoms with Crippen LogP contribution in [0.1, 0.15) is 50.4 Å². The molecule has 1 saturated heterocycles. The molecule has 0 radical (unpaired) electrons. The lowest BCUT2D eigenvalue weighted by molar-refractivity contribution is 0.0378. The van der Waals surface area contributed by atoms with E-state index in [-0.39, 0.29) is 12.0 Å². The quantitative estimate of drug-likeness (QED) is 0.312. The van der Waals surface area contributed by atoms with Gasteiger partial charge >= 0.3 is 6.09 Å². The van der Waals surface area contributed by atoms with Crippen molar-refractivity contribution in [2.75, 3.05) is 31.6 Å². The minimum atomic E-state index is -0.602. The third-order valence-electron chi connectivity index (χ3n) is 7.96. The highest BCUT2D eigenvalue weighted by Gasteiger charge is 2.40. The smallest absolute Gasteiger partial charge is 0.408 e. The lowest BCUT2D eigenvalue weighted by atomic mass is 9.76. The van der Waals surface area contributed by atoms with Crippen LogP contribution in [0.2, 0.25) is 0 Å². The van der Waals surface area contributed by atoms with Crippen molar-refractivity contribution in [3.63, 3.8) is 0 Å². The number of nitrogens with zero attached hydrogens (tertiary/aromatic N) is 5. The number of benzene rings is 1. The van der Waals surface area contributed by atoms with E-state index in [4.69, 9.17) is 19.4 Å². The van der Waals surface area contributed by atoms with Crippen molar-refractivity contribution < 1.29 is 19.1 Å². The van der Waals surface area contributed by atoms with Crippen LogP contribution in [0.25, 0.3) is 28.2 Å². The second kappa shape index (κ2) is 11.3. The number of alkyl carbamates (subject to hydrolysis) is 1. The van der Waals surface area contributed by atoms with Gasteiger partial charge in [-0.2, -0.15) is 5.10 Å². The number of carbonyl (C=O) groups is 2. The topological polar surface area (TPSA) is 123 Å². The predicted octanol–water partition coefficient (Wildman–Crippen LogP) is 4.47. The van der Waals surface area contributed by atoms with E-state index in [2.05, 4.69) is 20.6 Å². The molecule has 2 fully saturated rings. The molecule has 1 aliphatic heterocycles. The molecular weight excluding hydrogens is 546 g/mol. The summed E-state index contributed by atoms with van der Waals surface area (Å²) in [5.74, 6) is 0.431. The number of rotatable bonds is 8. The summed E-state index contributed by atoms with van der Waals surface area (Å²) < 4.78 is 12.6. The molecule has 0 unspecified atom stereocenters. The Morgan fingerprint density at radius 2 is 1.81 bits per heavy atom. The molecule has 11 heteroatoms. The highest BCUT2D eigenvalue weighted by Crippen LogP contribution is 2.33. The number of anilines is 1. The Bertz CT molecular complexity index is 1640. The highest BCUT2D eigenvalue weighted by atomic mass is 16.6. The lowest BCUT2D eigenvalue weighted by Crippen LogP contribution is -2.60. The van der Waals surface area contributed by atoms with Crippen molar-refractivity contribution in [3.05, 3.63) is 66.5 Å². The third kappa shape index (κ3) is 6.17. The minimum absolute atomic E-state index is 0.118. The van der Waals surface area contributed by atoms with E-state index in [1.807, 2.05) is 63.4 Å². The number of pyridine rings is 1. The fourth-order valence-corrected chi connectivity index (χ4v) is 5.36. The van der Waals surface area contributed by atoms with Gasteiger partial charge in [0.15, 0.2) is 5.65 Å². The fourth-order valence-electron chi connectivity index (χ4n) is 5.36. The first-order valence-corrected chi connectivity index (χ1v) is 14.6. The van der Waals surface area contributed by atoms with Crippen LogP contribution in [-0.2, 0) is 9.47 Å². The van der Waals surface area contributed by atoms with E-state index in [1.165, 1.54) is 0 Å². The number of hydrogen-bond donors (Lipinski definition) is 2. The Balaban J connectivity index is 1.28. The normalized spacial score (nSPS) is 16.3. The minimum Gasteiger partial charge on any atom is -0.444 e. The molecule has 4 aromatic rings. The van der Waals surface area contributed by atoms with Crippen LogP contribution in [0, 0.1) is 0 Å². The van der Waals surface area contributed by atoms with E-state index < -0.39 is 17.2 Å². The molecule has 224 valence electrons. The third-order valence-corrected chi connectivity index (χ3v) is 7.96. The van der Waals surface area contributed by atoms with Crippen molar-refractivity contribution in [2.45, 2.75) is 57.3 Å².